The minimum atomic E-state index is -0.967. The summed E-state index contributed by atoms with van der Waals surface area (Å²) < 4.78 is 13.2. The molecule has 0 aliphatic heterocycles. The normalized spacial score (nSPS) is 10.2. The van der Waals surface area contributed by atoms with E-state index in [1.165, 1.54) is 12.1 Å². The summed E-state index contributed by atoms with van der Waals surface area (Å²) in [5.41, 5.74) is 3.40. The predicted octanol–water partition coefficient (Wildman–Crippen LogP) is 2.84. The third-order valence-corrected chi connectivity index (χ3v) is 2.98. The van der Waals surface area contributed by atoms with E-state index in [0.717, 1.165) is 16.7 Å². The Bertz CT molecular complexity index is 698. The highest BCUT2D eigenvalue weighted by Gasteiger charge is 2.08. The van der Waals surface area contributed by atoms with Gasteiger partial charge in [-0.1, -0.05) is 18.7 Å². The predicted molar refractivity (Wildman–Crippen MR) is 79.0 cm³/mol. The van der Waals surface area contributed by atoms with Gasteiger partial charge in [0.1, 0.15) is 12.4 Å². The number of aromatic nitrogens is 1. The van der Waals surface area contributed by atoms with E-state index in [2.05, 4.69) is 16.9 Å². The van der Waals surface area contributed by atoms with Crippen molar-refractivity contribution in [3.05, 3.63) is 60.2 Å². The summed E-state index contributed by atoms with van der Waals surface area (Å²) in [5, 5.41) is 11.3. The number of pyridine rings is 1. The number of aliphatic carboxylic acids is 1. The lowest BCUT2D eigenvalue weighted by molar-refractivity contribution is -0.135. The molecule has 1 aromatic carbocycles. The highest BCUT2D eigenvalue weighted by Crippen LogP contribution is 2.23. The first kappa shape index (κ1) is 14.7. The molecule has 0 aliphatic carbocycles. The van der Waals surface area contributed by atoms with Crippen LogP contribution < -0.4 is 5.32 Å². The average molecular weight is 286 g/mol. The maximum atomic E-state index is 13.2. The summed E-state index contributed by atoms with van der Waals surface area (Å²) in [6.45, 7) is 5.41. The van der Waals surface area contributed by atoms with Crippen LogP contribution in [0.4, 0.5) is 4.39 Å². The van der Waals surface area contributed by atoms with Crippen molar-refractivity contribution in [2.24, 2.45) is 0 Å². The molecule has 2 aromatic rings. The minimum Gasteiger partial charge on any atom is -0.480 e. The van der Waals surface area contributed by atoms with Crippen LogP contribution in [0.3, 0.4) is 0 Å². The van der Waals surface area contributed by atoms with Gasteiger partial charge >= 0.3 is 5.97 Å². The number of hydrogen-bond acceptors (Lipinski definition) is 3. The zero-order chi connectivity index (χ0) is 15.4. The first-order valence-corrected chi connectivity index (χ1v) is 6.35. The monoisotopic (exact) mass is 286 g/mol. The molecule has 0 aliphatic rings. The first-order chi connectivity index (χ1) is 9.97. The molecule has 2 rings (SSSR count). The first-order valence-electron chi connectivity index (χ1n) is 6.35. The van der Waals surface area contributed by atoms with E-state index < -0.39 is 5.97 Å². The van der Waals surface area contributed by atoms with Gasteiger partial charge in [-0.3, -0.25) is 9.78 Å². The van der Waals surface area contributed by atoms with Crippen molar-refractivity contribution in [2.75, 3.05) is 6.54 Å². The minimum absolute atomic E-state index is 0.217. The summed E-state index contributed by atoms with van der Waals surface area (Å²) >= 11 is 0. The smallest absolute Gasteiger partial charge is 0.322 e. The van der Waals surface area contributed by atoms with Gasteiger partial charge in [0.2, 0.25) is 0 Å². The Hall–Kier alpha value is -2.69. The number of carboxylic acids is 1. The molecular formula is C16H15FN2O2. The lowest BCUT2D eigenvalue weighted by Gasteiger charge is -2.11. The summed E-state index contributed by atoms with van der Waals surface area (Å²) in [6, 6.07) is 8.13. The topological polar surface area (TPSA) is 62.2 Å². The molecule has 108 valence electrons. The zero-order valence-corrected chi connectivity index (χ0v) is 11.6. The molecule has 21 heavy (non-hydrogen) atoms. The van der Waals surface area contributed by atoms with Crippen molar-refractivity contribution in [1.29, 1.82) is 0 Å². The fraction of sp³-hybridized carbons (Fsp3) is 0.125. The van der Waals surface area contributed by atoms with Gasteiger partial charge in [0, 0.05) is 11.8 Å². The summed E-state index contributed by atoms with van der Waals surface area (Å²) in [5.74, 6) is -1.27. The van der Waals surface area contributed by atoms with E-state index in [-0.39, 0.29) is 12.4 Å². The number of carbonyl (C=O) groups is 1. The third-order valence-electron chi connectivity index (χ3n) is 2.98. The van der Waals surface area contributed by atoms with Gasteiger partial charge in [0.25, 0.3) is 0 Å². The Morgan fingerprint density at radius 1 is 1.38 bits per heavy atom. The fourth-order valence-corrected chi connectivity index (χ4v) is 1.98. The lowest BCUT2D eigenvalue weighted by Crippen LogP contribution is -2.21. The van der Waals surface area contributed by atoms with Crippen LogP contribution in [0.5, 0.6) is 0 Å². The summed E-state index contributed by atoms with van der Waals surface area (Å²) in [4.78, 5) is 14.8. The van der Waals surface area contributed by atoms with Gasteiger partial charge in [-0.2, -0.15) is 0 Å². The molecule has 1 heterocycles. The average Bonchev–Trinajstić information content (AvgIpc) is 2.44. The molecule has 0 bridgehead atoms. The van der Waals surface area contributed by atoms with E-state index in [1.807, 2.05) is 13.0 Å². The van der Waals surface area contributed by atoms with Gasteiger partial charge in [0.05, 0.1) is 11.4 Å². The van der Waals surface area contributed by atoms with E-state index in [9.17, 15) is 9.18 Å². The number of hydrogen-bond donors (Lipinski definition) is 2. The molecular weight excluding hydrogens is 271 g/mol. The summed E-state index contributed by atoms with van der Waals surface area (Å²) in [6.07, 6.45) is 1.62. The molecule has 5 heteroatoms. The highest BCUT2D eigenvalue weighted by atomic mass is 19.1. The van der Waals surface area contributed by atoms with Gasteiger partial charge in [-0.25, -0.2) is 4.39 Å². The van der Waals surface area contributed by atoms with Crippen LogP contribution >= 0.6 is 0 Å². The molecule has 0 atom stereocenters. The molecule has 0 amide bonds. The van der Waals surface area contributed by atoms with E-state index >= 15 is 0 Å². The Kier molecular flexibility index (Phi) is 4.33. The van der Waals surface area contributed by atoms with Gasteiger partial charge < -0.3 is 10.4 Å². The van der Waals surface area contributed by atoms with Crippen molar-refractivity contribution < 1.29 is 14.3 Å². The van der Waals surface area contributed by atoms with Crippen molar-refractivity contribution in [3.8, 4) is 11.1 Å². The van der Waals surface area contributed by atoms with Crippen LogP contribution in [0.2, 0.25) is 0 Å². The molecule has 0 saturated heterocycles. The number of nitrogens with one attached hydrogen (secondary N) is 1. The van der Waals surface area contributed by atoms with Crippen LogP contribution in [-0.4, -0.2) is 22.6 Å². The molecule has 0 radical (unpaired) electrons. The number of rotatable bonds is 5. The SMILES string of the molecule is C=C(NCC(=O)O)c1ncc(-c2cccc(F)c2)cc1C. The van der Waals surface area contributed by atoms with Crippen LogP contribution in [-0.2, 0) is 4.79 Å². The van der Waals surface area contributed by atoms with Crippen LogP contribution in [0.25, 0.3) is 16.8 Å². The maximum Gasteiger partial charge on any atom is 0.322 e. The Morgan fingerprint density at radius 3 is 2.76 bits per heavy atom. The Morgan fingerprint density at radius 2 is 2.14 bits per heavy atom. The second-order valence-corrected chi connectivity index (χ2v) is 4.63. The van der Waals surface area contributed by atoms with E-state index in [4.69, 9.17) is 5.11 Å². The largest absolute Gasteiger partial charge is 0.480 e. The second kappa shape index (κ2) is 6.17. The van der Waals surface area contributed by atoms with E-state index in [0.29, 0.717) is 11.4 Å². The van der Waals surface area contributed by atoms with E-state index in [1.54, 1.807) is 18.3 Å². The quantitative estimate of drug-likeness (QED) is 0.887. The molecule has 2 N–H and O–H groups in total. The standard InChI is InChI=1S/C16H15FN2O2/c1-10-6-13(12-4-3-5-14(17)7-12)8-19-16(10)11(2)18-9-15(20)21/h3-8,18H,2,9H2,1H3,(H,20,21). The number of aryl methyl sites for hydroxylation is 1. The van der Waals surface area contributed by atoms with Gasteiger partial charge in [-0.15, -0.1) is 0 Å². The molecule has 0 unspecified atom stereocenters. The second-order valence-electron chi connectivity index (χ2n) is 4.63. The molecule has 0 saturated carbocycles. The maximum absolute atomic E-state index is 13.2. The third kappa shape index (κ3) is 3.66. The van der Waals surface area contributed by atoms with Crippen LogP contribution in [0.15, 0.2) is 43.1 Å². The zero-order valence-electron chi connectivity index (χ0n) is 11.6. The van der Waals surface area contributed by atoms with Crippen molar-refractivity contribution >= 4 is 11.7 Å². The fourth-order valence-electron chi connectivity index (χ4n) is 1.98. The number of halogens is 1. The van der Waals surface area contributed by atoms with Gasteiger partial charge in [0.15, 0.2) is 0 Å². The molecule has 1 aromatic heterocycles. The molecule has 0 spiro atoms. The molecule has 0 fully saturated rings. The Balaban J connectivity index is 2.25. The summed E-state index contributed by atoms with van der Waals surface area (Å²) in [7, 11) is 0. The lowest BCUT2D eigenvalue weighted by atomic mass is 10.0. The van der Waals surface area contributed by atoms with Crippen molar-refractivity contribution in [1.82, 2.24) is 10.3 Å². The van der Waals surface area contributed by atoms with Crippen molar-refractivity contribution in [2.45, 2.75) is 6.92 Å². The molecule has 4 nitrogen and oxygen atoms in total. The number of nitrogens with zero attached hydrogens (tertiary/aromatic N) is 1. The van der Waals surface area contributed by atoms with Gasteiger partial charge in [-0.05, 0) is 36.2 Å². The number of benzene rings is 1. The van der Waals surface area contributed by atoms with Crippen LogP contribution in [0, 0.1) is 12.7 Å². The van der Waals surface area contributed by atoms with Crippen LogP contribution in [0.1, 0.15) is 11.3 Å². The van der Waals surface area contributed by atoms with Crippen molar-refractivity contribution in [3.63, 3.8) is 0 Å². The Labute approximate surface area is 122 Å². The highest BCUT2D eigenvalue weighted by molar-refractivity contribution is 5.73. The number of carboxylic acid groups (broad SMARTS) is 1.